The molecule has 0 saturated heterocycles. The Morgan fingerprint density at radius 2 is 0.750 bits per heavy atom. The normalized spacial score (nSPS) is 0. The minimum atomic E-state index is 0. The molecule has 0 spiro atoms. The van der Waals surface area contributed by atoms with E-state index in [2.05, 4.69) is 0 Å². The Morgan fingerprint density at radius 3 is 0.750 bits per heavy atom. The second-order valence-corrected chi connectivity index (χ2v) is 0. The van der Waals surface area contributed by atoms with E-state index in [1.165, 1.54) is 0 Å². The molecule has 4 heavy (non-hydrogen) atoms. The molecular formula is H2Li2Ni2. The molecule has 0 atom stereocenters. The van der Waals surface area contributed by atoms with E-state index < -0.39 is 0 Å². The molecule has 4 heteroatoms. The molecule has 0 aliphatic heterocycles. The SMILES string of the molecule is [H-].[H-].[Li+].[Li+].[Ni].[Ni]. The van der Waals surface area contributed by atoms with Gasteiger partial charge in [0, 0.05) is 33.0 Å². The van der Waals surface area contributed by atoms with E-state index in [-0.39, 0.29) is 73.6 Å². The topological polar surface area (TPSA) is 0 Å². The van der Waals surface area contributed by atoms with Crippen LogP contribution >= 0.6 is 0 Å². The minimum Gasteiger partial charge on any atom is -1.00 e. The van der Waals surface area contributed by atoms with Gasteiger partial charge in [0.1, 0.15) is 0 Å². The zero-order valence-corrected chi connectivity index (χ0v) is 4.61. The molecule has 0 saturated carbocycles. The summed E-state index contributed by atoms with van der Waals surface area (Å²) >= 11 is 0. The summed E-state index contributed by atoms with van der Waals surface area (Å²) in [5.41, 5.74) is 0. The summed E-state index contributed by atoms with van der Waals surface area (Å²) in [7, 11) is 0. The number of hydrogen-bond donors (Lipinski definition) is 0. The molecule has 0 aliphatic carbocycles. The van der Waals surface area contributed by atoms with Crippen molar-refractivity contribution in [1.82, 2.24) is 0 Å². The van der Waals surface area contributed by atoms with Gasteiger partial charge >= 0.3 is 37.7 Å². The predicted octanol–water partition coefficient (Wildman–Crippen LogP) is -5.77. The first-order valence-corrected chi connectivity index (χ1v) is 0. The Labute approximate surface area is 73.0 Å². The molecule has 0 bridgehead atoms. The quantitative estimate of drug-likeness (QED) is 0.289. The molecule has 0 radical (unpaired) electrons. The summed E-state index contributed by atoms with van der Waals surface area (Å²) in [6.45, 7) is 0. The fourth-order valence-electron chi connectivity index (χ4n) is 0. The van der Waals surface area contributed by atoms with Gasteiger partial charge in [-0.3, -0.25) is 0 Å². The maximum atomic E-state index is 0. The first kappa shape index (κ1) is 34.9. The molecule has 0 heterocycles. The van der Waals surface area contributed by atoms with E-state index in [0.29, 0.717) is 0 Å². The average molecular weight is 133 g/mol. The Hall–Kier alpha value is 2.18. The van der Waals surface area contributed by atoms with E-state index >= 15 is 0 Å². The molecule has 0 aromatic rings. The number of rotatable bonds is 0. The summed E-state index contributed by atoms with van der Waals surface area (Å²) in [5, 5.41) is 0. The van der Waals surface area contributed by atoms with Gasteiger partial charge in [0.05, 0.1) is 0 Å². The van der Waals surface area contributed by atoms with Crippen molar-refractivity contribution in [2.75, 3.05) is 0 Å². The van der Waals surface area contributed by atoms with Crippen LogP contribution < -0.4 is 37.7 Å². The van der Waals surface area contributed by atoms with Gasteiger partial charge in [-0.2, -0.15) is 0 Å². The van der Waals surface area contributed by atoms with Crippen molar-refractivity contribution in [1.29, 1.82) is 0 Å². The number of hydrogen-bond acceptors (Lipinski definition) is 0. The summed E-state index contributed by atoms with van der Waals surface area (Å²) in [5.74, 6) is 0. The minimum absolute atomic E-state index is 0. The van der Waals surface area contributed by atoms with Gasteiger partial charge in [-0.05, 0) is 0 Å². The fourth-order valence-corrected chi connectivity index (χ4v) is 0. The first-order chi connectivity index (χ1) is 0. The Balaban J connectivity index is 0. The molecule has 0 N–H and O–H groups in total. The molecule has 0 rings (SSSR count). The summed E-state index contributed by atoms with van der Waals surface area (Å²) in [6.07, 6.45) is 0. The van der Waals surface area contributed by atoms with Crippen LogP contribution in [0, 0.1) is 0 Å². The molecule has 0 aromatic heterocycles. The monoisotopic (exact) mass is 132 g/mol. The smallest absolute Gasteiger partial charge is 1.00 e. The van der Waals surface area contributed by atoms with Crippen LogP contribution in [-0.4, -0.2) is 0 Å². The van der Waals surface area contributed by atoms with Crippen molar-refractivity contribution < 1.29 is 73.6 Å². The van der Waals surface area contributed by atoms with E-state index in [4.69, 9.17) is 0 Å². The van der Waals surface area contributed by atoms with Crippen molar-refractivity contribution in [2.45, 2.75) is 0 Å². The van der Waals surface area contributed by atoms with Crippen LogP contribution in [0.2, 0.25) is 0 Å². The zero-order chi connectivity index (χ0) is 0. The van der Waals surface area contributed by atoms with Gasteiger partial charge in [-0.15, -0.1) is 0 Å². The van der Waals surface area contributed by atoms with Crippen LogP contribution in [0.15, 0.2) is 0 Å². The third-order valence-electron chi connectivity index (χ3n) is 0. The molecule has 0 aliphatic rings. The molecule has 0 unspecified atom stereocenters. The summed E-state index contributed by atoms with van der Waals surface area (Å²) < 4.78 is 0. The van der Waals surface area contributed by atoms with Crippen molar-refractivity contribution in [3.05, 3.63) is 0 Å². The molecule has 24 valence electrons. The van der Waals surface area contributed by atoms with E-state index in [9.17, 15) is 0 Å². The van der Waals surface area contributed by atoms with Gasteiger partial charge < -0.3 is 2.85 Å². The molecular weight excluding hydrogens is 131 g/mol. The van der Waals surface area contributed by atoms with Crippen LogP contribution in [0.1, 0.15) is 2.85 Å². The Morgan fingerprint density at radius 1 is 0.750 bits per heavy atom. The van der Waals surface area contributed by atoms with Crippen molar-refractivity contribution >= 4 is 0 Å². The maximum Gasteiger partial charge on any atom is 1.00 e. The van der Waals surface area contributed by atoms with Gasteiger partial charge in [0.2, 0.25) is 0 Å². The second-order valence-electron chi connectivity index (χ2n) is 0. The standard InChI is InChI=1S/2Li.2Ni.2H/q2*+1;;;2*-1. The molecule has 0 nitrogen and oxygen atoms in total. The third-order valence-corrected chi connectivity index (χ3v) is 0. The first-order valence-electron chi connectivity index (χ1n) is 0. The predicted molar refractivity (Wildman–Crippen MR) is 2.22 cm³/mol. The van der Waals surface area contributed by atoms with Gasteiger partial charge in [0.25, 0.3) is 0 Å². The molecule has 0 aromatic carbocycles. The van der Waals surface area contributed by atoms with Crippen LogP contribution in [0.25, 0.3) is 0 Å². The van der Waals surface area contributed by atoms with Crippen LogP contribution in [-0.2, 0) is 33.0 Å². The average Bonchev–Trinajstić information content (AvgIpc) is 0. The Kier molecular flexibility index (Phi) is 166. The fraction of sp³-hybridized carbons (Fsp3) is 0. The van der Waals surface area contributed by atoms with E-state index in [1.807, 2.05) is 0 Å². The van der Waals surface area contributed by atoms with E-state index in [1.54, 1.807) is 0 Å². The van der Waals surface area contributed by atoms with Gasteiger partial charge in [0.15, 0.2) is 0 Å². The zero-order valence-electron chi connectivity index (χ0n) is 4.63. The van der Waals surface area contributed by atoms with Crippen molar-refractivity contribution in [3.8, 4) is 0 Å². The van der Waals surface area contributed by atoms with Gasteiger partial charge in [-0.1, -0.05) is 0 Å². The van der Waals surface area contributed by atoms with Crippen molar-refractivity contribution in [3.63, 3.8) is 0 Å². The van der Waals surface area contributed by atoms with Crippen LogP contribution in [0.3, 0.4) is 0 Å². The largest absolute Gasteiger partial charge is 1.00 e. The second kappa shape index (κ2) is 19.0. The molecule has 0 amide bonds. The van der Waals surface area contributed by atoms with Gasteiger partial charge in [-0.25, -0.2) is 0 Å². The van der Waals surface area contributed by atoms with Crippen LogP contribution in [0.5, 0.6) is 0 Å². The van der Waals surface area contributed by atoms with E-state index in [0.717, 1.165) is 0 Å². The molecule has 0 fully saturated rings. The summed E-state index contributed by atoms with van der Waals surface area (Å²) in [6, 6.07) is 0. The van der Waals surface area contributed by atoms with Crippen LogP contribution in [0.4, 0.5) is 0 Å². The summed E-state index contributed by atoms with van der Waals surface area (Å²) in [4.78, 5) is 0. The Bertz CT molecular complexity index is 9.51. The maximum absolute atomic E-state index is 0. The third kappa shape index (κ3) is 8.89. The van der Waals surface area contributed by atoms with Crippen molar-refractivity contribution in [2.24, 2.45) is 0 Å².